The van der Waals surface area contributed by atoms with Crippen molar-refractivity contribution in [2.75, 3.05) is 31.7 Å². The highest BCUT2D eigenvalue weighted by atomic mass is 32.1. The fourth-order valence-corrected chi connectivity index (χ4v) is 2.40. The second-order valence-corrected chi connectivity index (χ2v) is 4.73. The Bertz CT molecular complexity index is 410. The third kappa shape index (κ3) is 2.73. The van der Waals surface area contributed by atoms with Crippen LogP contribution in [0.5, 0.6) is 0 Å². The number of rotatable bonds is 4. The summed E-state index contributed by atoms with van der Waals surface area (Å²) in [6, 6.07) is 3.79. The number of thiocarbonyl (C=S) groups is 1. The van der Waals surface area contributed by atoms with Gasteiger partial charge in [0.25, 0.3) is 0 Å². The van der Waals surface area contributed by atoms with E-state index >= 15 is 0 Å². The Hall–Kier alpha value is -1.20. The topological polar surface area (TPSA) is 51.4 Å². The molecule has 0 spiro atoms. The van der Waals surface area contributed by atoms with Crippen molar-refractivity contribution in [2.45, 2.75) is 6.42 Å². The molecule has 2 heterocycles. The average Bonchev–Trinajstić information content (AvgIpc) is 2.78. The zero-order valence-corrected chi connectivity index (χ0v) is 10.7. The molecule has 0 saturated carbocycles. The first-order valence-corrected chi connectivity index (χ1v) is 6.12. The van der Waals surface area contributed by atoms with Gasteiger partial charge < -0.3 is 15.4 Å². The summed E-state index contributed by atoms with van der Waals surface area (Å²) in [6.07, 6.45) is 2.90. The summed E-state index contributed by atoms with van der Waals surface area (Å²) in [6.45, 7) is 2.74. The van der Waals surface area contributed by atoms with E-state index in [1.54, 1.807) is 13.3 Å². The maximum Gasteiger partial charge on any atom is 0.138 e. The second-order valence-electron chi connectivity index (χ2n) is 4.29. The van der Waals surface area contributed by atoms with Crippen molar-refractivity contribution >= 4 is 23.0 Å². The number of methoxy groups -OCH3 is 1. The number of nitrogens with two attached hydrogens (primary N) is 1. The Morgan fingerprint density at radius 3 is 3.24 bits per heavy atom. The molecule has 2 rings (SSSR count). The second kappa shape index (κ2) is 5.42. The first kappa shape index (κ1) is 12.3. The van der Waals surface area contributed by atoms with Crippen LogP contribution in [0.4, 0.5) is 5.82 Å². The highest BCUT2D eigenvalue weighted by Crippen LogP contribution is 2.25. The van der Waals surface area contributed by atoms with E-state index in [2.05, 4.69) is 9.88 Å². The number of ether oxygens (including phenoxy) is 1. The molecule has 1 aliphatic heterocycles. The van der Waals surface area contributed by atoms with Crippen molar-refractivity contribution < 1.29 is 4.74 Å². The molecule has 0 amide bonds. The Kier molecular flexibility index (Phi) is 3.91. The van der Waals surface area contributed by atoms with Crippen LogP contribution in [0.2, 0.25) is 0 Å². The largest absolute Gasteiger partial charge is 0.389 e. The van der Waals surface area contributed by atoms with Gasteiger partial charge >= 0.3 is 0 Å². The molecule has 0 bridgehead atoms. The maximum absolute atomic E-state index is 5.72. The van der Waals surface area contributed by atoms with Crippen molar-refractivity contribution in [1.82, 2.24) is 4.98 Å². The third-order valence-corrected chi connectivity index (χ3v) is 3.26. The average molecular weight is 251 g/mol. The zero-order valence-electron chi connectivity index (χ0n) is 9.93. The number of aromatic nitrogens is 1. The molecule has 17 heavy (non-hydrogen) atoms. The molecule has 1 atom stereocenters. The van der Waals surface area contributed by atoms with Crippen molar-refractivity contribution in [3.63, 3.8) is 0 Å². The first-order chi connectivity index (χ1) is 8.22. The van der Waals surface area contributed by atoms with E-state index in [4.69, 9.17) is 22.7 Å². The predicted molar refractivity (Wildman–Crippen MR) is 72.3 cm³/mol. The molecular formula is C12H17N3OS. The summed E-state index contributed by atoms with van der Waals surface area (Å²) in [5.74, 6) is 1.47. The normalized spacial score (nSPS) is 19.6. The summed E-state index contributed by atoms with van der Waals surface area (Å²) in [7, 11) is 1.74. The molecule has 5 heteroatoms. The van der Waals surface area contributed by atoms with Crippen LogP contribution in [-0.2, 0) is 4.74 Å². The molecule has 1 unspecified atom stereocenters. The van der Waals surface area contributed by atoms with Crippen LogP contribution >= 0.6 is 12.2 Å². The van der Waals surface area contributed by atoms with E-state index in [9.17, 15) is 0 Å². The lowest BCUT2D eigenvalue weighted by atomic mass is 10.1. The van der Waals surface area contributed by atoms with E-state index in [-0.39, 0.29) is 0 Å². The van der Waals surface area contributed by atoms with Gasteiger partial charge in [0.05, 0.1) is 12.2 Å². The van der Waals surface area contributed by atoms with E-state index < -0.39 is 0 Å². The molecular weight excluding hydrogens is 234 g/mol. The highest BCUT2D eigenvalue weighted by molar-refractivity contribution is 7.80. The summed E-state index contributed by atoms with van der Waals surface area (Å²) in [4.78, 5) is 7.03. The fourth-order valence-electron chi connectivity index (χ4n) is 2.24. The molecule has 2 N–H and O–H groups in total. The lowest BCUT2D eigenvalue weighted by Crippen LogP contribution is -2.25. The SMILES string of the molecule is COCC1CCN(c2ncccc2C(N)=S)C1. The van der Waals surface area contributed by atoms with Crippen molar-refractivity contribution in [2.24, 2.45) is 11.7 Å². The minimum Gasteiger partial charge on any atom is -0.389 e. The molecule has 0 radical (unpaired) electrons. The molecule has 1 aromatic heterocycles. The van der Waals surface area contributed by atoms with Crippen LogP contribution in [0.25, 0.3) is 0 Å². The summed E-state index contributed by atoms with van der Waals surface area (Å²) < 4.78 is 5.19. The van der Waals surface area contributed by atoms with Gasteiger partial charge in [0, 0.05) is 32.3 Å². The maximum atomic E-state index is 5.72. The summed E-state index contributed by atoms with van der Waals surface area (Å²) >= 11 is 5.05. The van der Waals surface area contributed by atoms with Gasteiger partial charge in [0.1, 0.15) is 10.8 Å². The van der Waals surface area contributed by atoms with Crippen LogP contribution in [0.15, 0.2) is 18.3 Å². The van der Waals surface area contributed by atoms with Gasteiger partial charge in [-0.1, -0.05) is 12.2 Å². The Morgan fingerprint density at radius 2 is 2.53 bits per heavy atom. The molecule has 0 aromatic carbocycles. The predicted octanol–water partition coefficient (Wildman–Crippen LogP) is 1.19. The minimum atomic E-state index is 0.406. The van der Waals surface area contributed by atoms with Crippen LogP contribution in [0.3, 0.4) is 0 Å². The van der Waals surface area contributed by atoms with E-state index in [1.807, 2.05) is 12.1 Å². The van der Waals surface area contributed by atoms with Crippen molar-refractivity contribution in [3.8, 4) is 0 Å². The quantitative estimate of drug-likeness (QED) is 0.815. The molecule has 0 aliphatic carbocycles. The van der Waals surface area contributed by atoms with Gasteiger partial charge in [0.15, 0.2) is 0 Å². The van der Waals surface area contributed by atoms with E-state index in [0.29, 0.717) is 10.9 Å². The van der Waals surface area contributed by atoms with Gasteiger partial charge in [0.2, 0.25) is 0 Å². The van der Waals surface area contributed by atoms with Gasteiger partial charge in [-0.3, -0.25) is 0 Å². The highest BCUT2D eigenvalue weighted by Gasteiger charge is 2.25. The van der Waals surface area contributed by atoms with E-state index in [1.165, 1.54) is 0 Å². The number of pyridine rings is 1. The van der Waals surface area contributed by atoms with Crippen LogP contribution in [0, 0.1) is 5.92 Å². The Morgan fingerprint density at radius 1 is 1.71 bits per heavy atom. The van der Waals surface area contributed by atoms with Crippen LogP contribution < -0.4 is 10.6 Å². The van der Waals surface area contributed by atoms with Crippen LogP contribution in [0.1, 0.15) is 12.0 Å². The van der Waals surface area contributed by atoms with E-state index in [0.717, 1.165) is 37.5 Å². The molecule has 1 aromatic rings. The summed E-state index contributed by atoms with van der Waals surface area (Å²) in [5, 5.41) is 0. The third-order valence-electron chi connectivity index (χ3n) is 3.04. The zero-order chi connectivity index (χ0) is 12.3. The monoisotopic (exact) mass is 251 g/mol. The van der Waals surface area contributed by atoms with Gasteiger partial charge in [-0.15, -0.1) is 0 Å². The lowest BCUT2D eigenvalue weighted by molar-refractivity contribution is 0.161. The number of hydrogen-bond acceptors (Lipinski definition) is 4. The van der Waals surface area contributed by atoms with Gasteiger partial charge in [-0.25, -0.2) is 4.98 Å². The molecule has 1 aliphatic rings. The van der Waals surface area contributed by atoms with Crippen molar-refractivity contribution in [3.05, 3.63) is 23.9 Å². The van der Waals surface area contributed by atoms with Crippen LogP contribution in [-0.4, -0.2) is 36.8 Å². The van der Waals surface area contributed by atoms with Gasteiger partial charge in [-0.05, 0) is 18.6 Å². The smallest absolute Gasteiger partial charge is 0.138 e. The molecule has 92 valence electrons. The molecule has 1 fully saturated rings. The first-order valence-electron chi connectivity index (χ1n) is 5.71. The molecule has 1 saturated heterocycles. The Labute approximate surface area is 107 Å². The molecule has 4 nitrogen and oxygen atoms in total. The minimum absolute atomic E-state index is 0.406. The standard InChI is InChI=1S/C12H17N3OS/c1-16-8-9-4-6-15(7-9)12-10(11(13)17)3-2-5-14-12/h2-3,5,9H,4,6-8H2,1H3,(H2,13,17). The number of anilines is 1. The fraction of sp³-hybridized carbons (Fsp3) is 0.500. The van der Waals surface area contributed by atoms with Gasteiger partial charge in [-0.2, -0.15) is 0 Å². The Balaban J connectivity index is 2.16. The van der Waals surface area contributed by atoms with Crippen molar-refractivity contribution in [1.29, 1.82) is 0 Å². The summed E-state index contributed by atoms with van der Waals surface area (Å²) in [5.41, 5.74) is 6.58. The lowest BCUT2D eigenvalue weighted by Gasteiger charge is -2.20. The number of hydrogen-bond donors (Lipinski definition) is 1. The number of nitrogens with zero attached hydrogens (tertiary/aromatic N) is 2.